The van der Waals surface area contributed by atoms with Gasteiger partial charge in [-0.25, -0.2) is 0 Å². The zero-order valence-corrected chi connectivity index (χ0v) is 9.11. The second kappa shape index (κ2) is 4.06. The van der Waals surface area contributed by atoms with E-state index in [0.717, 1.165) is 13.0 Å². The third-order valence-electron chi connectivity index (χ3n) is 2.03. The molecule has 0 atom stereocenters. The van der Waals surface area contributed by atoms with Crippen molar-refractivity contribution in [2.45, 2.75) is 20.3 Å². The fraction of sp³-hybridized carbons (Fsp3) is 0.400. The maximum Gasteiger partial charge on any atom is 0.0207 e. The molecule has 0 fully saturated rings. The van der Waals surface area contributed by atoms with Crippen LogP contribution in [0.25, 0.3) is 0 Å². The Morgan fingerprint density at radius 1 is 1.25 bits per heavy atom. The molecule has 0 amide bonds. The lowest BCUT2D eigenvalue weighted by molar-refractivity contribution is 0.954. The van der Waals surface area contributed by atoms with Crippen LogP contribution in [0.2, 0.25) is 0 Å². The number of rotatable bonds is 2. The molecule has 66 valence electrons. The molecule has 2 N–H and O–H groups in total. The van der Waals surface area contributed by atoms with Crippen molar-refractivity contribution in [2.24, 2.45) is 5.73 Å². The number of aryl methyl sites for hydroxylation is 2. The molecule has 0 radical (unpaired) electrons. The van der Waals surface area contributed by atoms with Gasteiger partial charge in [0.2, 0.25) is 0 Å². The topological polar surface area (TPSA) is 26.0 Å². The maximum absolute atomic E-state index is 5.51. The van der Waals surface area contributed by atoms with E-state index in [2.05, 4.69) is 41.9 Å². The van der Waals surface area contributed by atoms with Gasteiger partial charge in [-0.1, -0.05) is 22.0 Å². The molecule has 0 aromatic heterocycles. The largest absolute Gasteiger partial charge is 0.330 e. The third kappa shape index (κ3) is 2.08. The average Bonchev–Trinajstić information content (AvgIpc) is 2.01. The molecule has 0 bridgehead atoms. The van der Waals surface area contributed by atoms with Crippen LogP contribution in [-0.2, 0) is 6.42 Å². The first-order valence-electron chi connectivity index (χ1n) is 4.11. The lowest BCUT2D eigenvalue weighted by Gasteiger charge is -2.07. The Morgan fingerprint density at radius 3 is 2.50 bits per heavy atom. The summed E-state index contributed by atoms with van der Waals surface area (Å²) in [4.78, 5) is 0. The van der Waals surface area contributed by atoms with Gasteiger partial charge < -0.3 is 5.73 Å². The van der Waals surface area contributed by atoms with Crippen molar-refractivity contribution in [1.82, 2.24) is 0 Å². The van der Waals surface area contributed by atoms with Gasteiger partial charge in [-0.3, -0.25) is 0 Å². The van der Waals surface area contributed by atoms with E-state index in [1.807, 2.05) is 0 Å². The standard InChI is InChI=1S/C10H14BrN/c1-7-6-10(11)8(2)5-9(7)3-4-12/h5-6H,3-4,12H2,1-2H3. The van der Waals surface area contributed by atoms with E-state index in [1.54, 1.807) is 0 Å². The Kier molecular flexibility index (Phi) is 3.29. The van der Waals surface area contributed by atoms with E-state index in [9.17, 15) is 0 Å². The lowest BCUT2D eigenvalue weighted by Crippen LogP contribution is -2.04. The van der Waals surface area contributed by atoms with Crippen LogP contribution in [0.3, 0.4) is 0 Å². The lowest BCUT2D eigenvalue weighted by atomic mass is 10.0. The van der Waals surface area contributed by atoms with Crippen molar-refractivity contribution in [3.63, 3.8) is 0 Å². The summed E-state index contributed by atoms with van der Waals surface area (Å²) >= 11 is 3.50. The Balaban J connectivity index is 3.05. The van der Waals surface area contributed by atoms with Crippen LogP contribution in [0.4, 0.5) is 0 Å². The van der Waals surface area contributed by atoms with Crippen molar-refractivity contribution in [3.8, 4) is 0 Å². The summed E-state index contributed by atoms with van der Waals surface area (Å²) in [5.74, 6) is 0. The number of benzene rings is 1. The molecule has 0 unspecified atom stereocenters. The number of halogens is 1. The fourth-order valence-electron chi connectivity index (χ4n) is 1.27. The molecular weight excluding hydrogens is 214 g/mol. The Hall–Kier alpha value is -0.340. The van der Waals surface area contributed by atoms with E-state index < -0.39 is 0 Å². The summed E-state index contributed by atoms with van der Waals surface area (Å²) in [6, 6.07) is 4.35. The highest BCUT2D eigenvalue weighted by atomic mass is 79.9. The van der Waals surface area contributed by atoms with Gasteiger partial charge in [0.25, 0.3) is 0 Å². The Morgan fingerprint density at radius 2 is 1.92 bits per heavy atom. The zero-order chi connectivity index (χ0) is 9.14. The highest BCUT2D eigenvalue weighted by molar-refractivity contribution is 9.10. The van der Waals surface area contributed by atoms with Crippen molar-refractivity contribution in [2.75, 3.05) is 6.54 Å². The first-order chi connectivity index (χ1) is 5.65. The molecule has 12 heavy (non-hydrogen) atoms. The van der Waals surface area contributed by atoms with Gasteiger partial charge in [0.15, 0.2) is 0 Å². The minimum atomic E-state index is 0.724. The normalized spacial score (nSPS) is 10.3. The molecule has 1 aromatic carbocycles. The predicted octanol–water partition coefficient (Wildman–Crippen LogP) is 2.57. The summed E-state index contributed by atoms with van der Waals surface area (Å²) in [6.45, 7) is 4.95. The predicted molar refractivity (Wildman–Crippen MR) is 56.4 cm³/mol. The van der Waals surface area contributed by atoms with Crippen molar-refractivity contribution in [1.29, 1.82) is 0 Å². The average molecular weight is 228 g/mol. The molecule has 0 aliphatic rings. The van der Waals surface area contributed by atoms with E-state index >= 15 is 0 Å². The van der Waals surface area contributed by atoms with Gasteiger partial charge in [0, 0.05) is 4.47 Å². The molecule has 2 heteroatoms. The van der Waals surface area contributed by atoms with E-state index in [0.29, 0.717) is 0 Å². The van der Waals surface area contributed by atoms with Crippen LogP contribution in [0.5, 0.6) is 0 Å². The van der Waals surface area contributed by atoms with Crippen molar-refractivity contribution >= 4 is 15.9 Å². The van der Waals surface area contributed by atoms with Crippen LogP contribution in [0, 0.1) is 13.8 Å². The van der Waals surface area contributed by atoms with Crippen LogP contribution >= 0.6 is 15.9 Å². The second-order valence-electron chi connectivity index (χ2n) is 3.07. The quantitative estimate of drug-likeness (QED) is 0.827. The highest BCUT2D eigenvalue weighted by Crippen LogP contribution is 2.20. The molecule has 0 aliphatic heterocycles. The molecule has 1 nitrogen and oxygen atoms in total. The van der Waals surface area contributed by atoms with Gasteiger partial charge in [-0.15, -0.1) is 0 Å². The molecule has 0 saturated heterocycles. The van der Waals surface area contributed by atoms with Gasteiger partial charge in [0.1, 0.15) is 0 Å². The van der Waals surface area contributed by atoms with E-state index in [1.165, 1.54) is 21.2 Å². The summed E-state index contributed by atoms with van der Waals surface area (Å²) in [5, 5.41) is 0. The van der Waals surface area contributed by atoms with Gasteiger partial charge in [-0.2, -0.15) is 0 Å². The summed E-state index contributed by atoms with van der Waals surface area (Å²) in [7, 11) is 0. The van der Waals surface area contributed by atoms with Crippen LogP contribution in [0.1, 0.15) is 16.7 Å². The van der Waals surface area contributed by atoms with Gasteiger partial charge in [-0.05, 0) is 49.6 Å². The summed E-state index contributed by atoms with van der Waals surface area (Å²) < 4.78 is 1.18. The Bertz CT molecular complexity index is 281. The number of hydrogen-bond donors (Lipinski definition) is 1. The fourth-order valence-corrected chi connectivity index (χ4v) is 1.72. The third-order valence-corrected chi connectivity index (χ3v) is 2.89. The smallest absolute Gasteiger partial charge is 0.0207 e. The minimum absolute atomic E-state index is 0.724. The van der Waals surface area contributed by atoms with Crippen molar-refractivity contribution in [3.05, 3.63) is 33.3 Å². The monoisotopic (exact) mass is 227 g/mol. The van der Waals surface area contributed by atoms with Gasteiger partial charge in [0.05, 0.1) is 0 Å². The summed E-state index contributed by atoms with van der Waals surface area (Å²) in [6.07, 6.45) is 0.972. The molecule has 0 saturated carbocycles. The zero-order valence-electron chi connectivity index (χ0n) is 7.52. The Labute approximate surface area is 82.1 Å². The number of hydrogen-bond acceptors (Lipinski definition) is 1. The van der Waals surface area contributed by atoms with Gasteiger partial charge >= 0.3 is 0 Å². The number of nitrogens with two attached hydrogens (primary N) is 1. The SMILES string of the molecule is Cc1cc(CCN)c(C)cc1Br. The molecule has 1 rings (SSSR count). The maximum atomic E-state index is 5.51. The highest BCUT2D eigenvalue weighted by Gasteiger charge is 2.00. The van der Waals surface area contributed by atoms with Crippen LogP contribution in [-0.4, -0.2) is 6.54 Å². The molecule has 0 heterocycles. The first-order valence-corrected chi connectivity index (χ1v) is 4.90. The first kappa shape index (κ1) is 9.75. The molecule has 0 spiro atoms. The molecular formula is C10H14BrN. The van der Waals surface area contributed by atoms with E-state index in [-0.39, 0.29) is 0 Å². The summed E-state index contributed by atoms with van der Waals surface area (Å²) in [5.41, 5.74) is 9.46. The minimum Gasteiger partial charge on any atom is -0.330 e. The van der Waals surface area contributed by atoms with Crippen LogP contribution in [0.15, 0.2) is 16.6 Å². The van der Waals surface area contributed by atoms with Crippen molar-refractivity contribution < 1.29 is 0 Å². The second-order valence-corrected chi connectivity index (χ2v) is 3.92. The van der Waals surface area contributed by atoms with E-state index in [4.69, 9.17) is 5.73 Å². The molecule has 1 aromatic rings. The molecule has 0 aliphatic carbocycles. The van der Waals surface area contributed by atoms with Crippen LogP contribution < -0.4 is 5.73 Å².